The van der Waals surface area contributed by atoms with Crippen molar-refractivity contribution in [1.29, 1.82) is 0 Å². The summed E-state index contributed by atoms with van der Waals surface area (Å²) < 4.78 is 10.6. The maximum Gasteiger partial charge on any atom is 0.410 e. The zero-order valence-electron chi connectivity index (χ0n) is 16.1. The van der Waals surface area contributed by atoms with Gasteiger partial charge in [0.15, 0.2) is 0 Å². The number of carbonyl (C=O) groups is 2. The van der Waals surface area contributed by atoms with Crippen molar-refractivity contribution in [3.8, 4) is 5.75 Å². The van der Waals surface area contributed by atoms with E-state index in [4.69, 9.17) is 9.47 Å². The van der Waals surface area contributed by atoms with Gasteiger partial charge in [0, 0.05) is 37.9 Å². The minimum absolute atomic E-state index is 0.0797. The van der Waals surface area contributed by atoms with Crippen LogP contribution in [-0.2, 0) is 9.53 Å². The largest absolute Gasteiger partial charge is 0.497 e. The molecule has 1 saturated heterocycles. The fraction of sp³-hybridized carbons (Fsp3) is 0.579. The lowest BCUT2D eigenvalue weighted by Gasteiger charge is -2.26. The Hall–Kier alpha value is -2.28. The van der Waals surface area contributed by atoms with Gasteiger partial charge < -0.3 is 19.7 Å². The topological polar surface area (TPSA) is 71.1 Å². The minimum Gasteiger partial charge on any atom is -0.497 e. The molecule has 26 heavy (non-hydrogen) atoms. The maximum absolute atomic E-state index is 12.3. The second-order valence-electron chi connectivity index (χ2n) is 7.38. The van der Waals surface area contributed by atoms with E-state index in [1.54, 1.807) is 18.1 Å². The molecule has 0 saturated carbocycles. The number of ether oxygens (including phenoxy) is 2. The van der Waals surface area contributed by atoms with E-state index >= 15 is 0 Å². The van der Waals surface area contributed by atoms with E-state index in [2.05, 4.69) is 10.2 Å². The molecule has 1 aromatic carbocycles. The summed E-state index contributed by atoms with van der Waals surface area (Å²) in [5.41, 5.74) is 0.208. The van der Waals surface area contributed by atoms with Crippen LogP contribution in [0.2, 0.25) is 0 Å². The van der Waals surface area contributed by atoms with Gasteiger partial charge in [-0.2, -0.15) is 0 Å². The number of methoxy groups -OCH3 is 1. The van der Waals surface area contributed by atoms with Crippen LogP contribution in [0.4, 0.5) is 10.5 Å². The standard InChI is InChI=1S/C19H29N3O4/c1-19(2,3)26-18(24)22-10-6-9-21(11-12-22)14-17(23)20-15-7-5-8-16(13-15)25-4/h5,7-8,13H,6,9-12,14H2,1-4H3,(H,20,23). The highest BCUT2D eigenvalue weighted by atomic mass is 16.6. The van der Waals surface area contributed by atoms with Crippen molar-refractivity contribution in [2.24, 2.45) is 0 Å². The van der Waals surface area contributed by atoms with Crippen LogP contribution in [0.25, 0.3) is 0 Å². The Morgan fingerprint density at radius 2 is 1.92 bits per heavy atom. The highest BCUT2D eigenvalue weighted by molar-refractivity contribution is 5.92. The van der Waals surface area contributed by atoms with Crippen LogP contribution in [0.3, 0.4) is 0 Å². The molecule has 0 radical (unpaired) electrons. The molecule has 1 heterocycles. The molecule has 0 spiro atoms. The number of hydrogen-bond donors (Lipinski definition) is 1. The Labute approximate surface area is 155 Å². The molecule has 0 aliphatic carbocycles. The summed E-state index contributed by atoms with van der Waals surface area (Å²) in [4.78, 5) is 28.3. The first-order valence-electron chi connectivity index (χ1n) is 8.91. The average molecular weight is 363 g/mol. The average Bonchev–Trinajstić information content (AvgIpc) is 2.79. The van der Waals surface area contributed by atoms with Crippen molar-refractivity contribution in [2.75, 3.05) is 45.2 Å². The van der Waals surface area contributed by atoms with Crippen LogP contribution in [0.1, 0.15) is 27.2 Å². The second-order valence-corrected chi connectivity index (χ2v) is 7.38. The van der Waals surface area contributed by atoms with Gasteiger partial charge in [-0.1, -0.05) is 6.07 Å². The van der Waals surface area contributed by atoms with E-state index in [9.17, 15) is 9.59 Å². The lowest BCUT2D eigenvalue weighted by atomic mass is 10.2. The highest BCUT2D eigenvalue weighted by Gasteiger charge is 2.25. The molecule has 1 aliphatic rings. The quantitative estimate of drug-likeness (QED) is 0.890. The maximum atomic E-state index is 12.3. The molecule has 0 atom stereocenters. The first kappa shape index (κ1) is 20.0. The SMILES string of the molecule is COc1cccc(NC(=O)CN2CCCN(C(=O)OC(C)(C)C)CC2)c1. The Kier molecular flexibility index (Phi) is 6.85. The van der Waals surface area contributed by atoms with Crippen molar-refractivity contribution in [1.82, 2.24) is 9.80 Å². The molecule has 0 unspecified atom stereocenters. The summed E-state index contributed by atoms with van der Waals surface area (Å²) in [7, 11) is 1.59. The zero-order chi connectivity index (χ0) is 19.2. The molecule has 0 aromatic heterocycles. The highest BCUT2D eigenvalue weighted by Crippen LogP contribution is 2.17. The molecule has 1 fully saturated rings. The summed E-state index contributed by atoms with van der Waals surface area (Å²) >= 11 is 0. The number of anilines is 1. The Morgan fingerprint density at radius 1 is 1.15 bits per heavy atom. The summed E-state index contributed by atoms with van der Waals surface area (Å²) in [6, 6.07) is 7.27. The monoisotopic (exact) mass is 363 g/mol. The van der Waals surface area contributed by atoms with Gasteiger partial charge in [0.25, 0.3) is 0 Å². The van der Waals surface area contributed by atoms with Crippen LogP contribution < -0.4 is 10.1 Å². The van der Waals surface area contributed by atoms with Gasteiger partial charge in [0.05, 0.1) is 13.7 Å². The summed E-state index contributed by atoms with van der Waals surface area (Å²) in [5.74, 6) is 0.620. The molecule has 2 amide bonds. The van der Waals surface area contributed by atoms with Crippen molar-refractivity contribution in [2.45, 2.75) is 32.8 Å². The first-order valence-corrected chi connectivity index (χ1v) is 8.91. The fourth-order valence-corrected chi connectivity index (χ4v) is 2.74. The molecule has 144 valence electrons. The Balaban J connectivity index is 1.83. The molecule has 2 rings (SSSR count). The van der Waals surface area contributed by atoms with E-state index in [-0.39, 0.29) is 12.0 Å². The molecule has 1 aromatic rings. The molecular formula is C19H29N3O4. The lowest BCUT2D eigenvalue weighted by Crippen LogP contribution is -2.40. The summed E-state index contributed by atoms with van der Waals surface area (Å²) in [6.45, 7) is 8.48. The van der Waals surface area contributed by atoms with E-state index in [0.717, 1.165) is 13.0 Å². The number of hydrogen-bond acceptors (Lipinski definition) is 5. The summed E-state index contributed by atoms with van der Waals surface area (Å²) in [5, 5.41) is 2.88. The minimum atomic E-state index is -0.500. The van der Waals surface area contributed by atoms with Gasteiger partial charge in [-0.05, 0) is 39.3 Å². The molecule has 1 N–H and O–H groups in total. The van der Waals surface area contributed by atoms with Crippen molar-refractivity contribution < 1.29 is 19.1 Å². The number of benzene rings is 1. The molecule has 7 nitrogen and oxygen atoms in total. The smallest absolute Gasteiger partial charge is 0.410 e. The van der Waals surface area contributed by atoms with Crippen LogP contribution in [-0.4, -0.2) is 67.2 Å². The zero-order valence-corrected chi connectivity index (χ0v) is 16.1. The molecular weight excluding hydrogens is 334 g/mol. The second kappa shape index (κ2) is 8.89. The Bertz CT molecular complexity index is 627. The Morgan fingerprint density at radius 3 is 2.62 bits per heavy atom. The predicted molar refractivity (Wildman–Crippen MR) is 100 cm³/mol. The summed E-state index contributed by atoms with van der Waals surface area (Å²) in [6.07, 6.45) is 0.520. The van der Waals surface area contributed by atoms with Crippen molar-refractivity contribution >= 4 is 17.7 Å². The number of nitrogens with one attached hydrogen (secondary N) is 1. The number of amides is 2. The van der Waals surface area contributed by atoms with E-state index in [1.807, 2.05) is 39.0 Å². The third-order valence-corrected chi connectivity index (χ3v) is 3.96. The van der Waals surface area contributed by atoms with Crippen LogP contribution in [0.15, 0.2) is 24.3 Å². The molecule has 0 bridgehead atoms. The van der Waals surface area contributed by atoms with Crippen LogP contribution in [0, 0.1) is 0 Å². The molecule has 7 heteroatoms. The van der Waals surface area contributed by atoms with Crippen LogP contribution in [0.5, 0.6) is 5.75 Å². The molecule has 1 aliphatic heterocycles. The number of rotatable bonds is 4. The van der Waals surface area contributed by atoms with Gasteiger partial charge in [-0.15, -0.1) is 0 Å². The van der Waals surface area contributed by atoms with E-state index < -0.39 is 5.60 Å². The van der Waals surface area contributed by atoms with E-state index in [0.29, 0.717) is 37.6 Å². The van der Waals surface area contributed by atoms with Crippen LogP contribution >= 0.6 is 0 Å². The van der Waals surface area contributed by atoms with Gasteiger partial charge in [-0.3, -0.25) is 9.69 Å². The van der Waals surface area contributed by atoms with Gasteiger partial charge in [0.1, 0.15) is 11.4 Å². The van der Waals surface area contributed by atoms with Gasteiger partial charge >= 0.3 is 6.09 Å². The lowest BCUT2D eigenvalue weighted by molar-refractivity contribution is -0.117. The number of nitrogens with zero attached hydrogens (tertiary/aromatic N) is 2. The first-order chi connectivity index (χ1) is 12.3. The van der Waals surface area contributed by atoms with Gasteiger partial charge in [-0.25, -0.2) is 4.79 Å². The van der Waals surface area contributed by atoms with Crippen molar-refractivity contribution in [3.63, 3.8) is 0 Å². The van der Waals surface area contributed by atoms with Gasteiger partial charge in [0.2, 0.25) is 5.91 Å². The van der Waals surface area contributed by atoms with E-state index in [1.165, 1.54) is 0 Å². The number of carbonyl (C=O) groups excluding carboxylic acids is 2. The predicted octanol–water partition coefficient (Wildman–Crippen LogP) is 2.58. The fourth-order valence-electron chi connectivity index (χ4n) is 2.74. The third-order valence-electron chi connectivity index (χ3n) is 3.96. The van der Waals surface area contributed by atoms with Crippen molar-refractivity contribution in [3.05, 3.63) is 24.3 Å². The third kappa shape index (κ3) is 6.55. The normalized spacial score (nSPS) is 15.9.